The van der Waals surface area contributed by atoms with Crippen LogP contribution in [0.25, 0.3) is 11.4 Å². The molecule has 0 aliphatic carbocycles. The van der Waals surface area contributed by atoms with E-state index in [4.69, 9.17) is 4.52 Å². The molecule has 0 saturated carbocycles. The van der Waals surface area contributed by atoms with Crippen LogP contribution in [0.4, 0.5) is 0 Å². The summed E-state index contributed by atoms with van der Waals surface area (Å²) in [5.74, 6) is 0.721. The van der Waals surface area contributed by atoms with Gasteiger partial charge in [0.25, 0.3) is 0 Å². The number of aromatic nitrogens is 2. The van der Waals surface area contributed by atoms with Crippen LogP contribution in [0.15, 0.2) is 16.0 Å². The van der Waals surface area contributed by atoms with Crippen LogP contribution < -0.4 is 3.66 Å². The van der Waals surface area contributed by atoms with Crippen molar-refractivity contribution in [2.24, 2.45) is 0 Å². The SMILES string of the molecule is COC(=O)CCc1nc(-c2ccsc2[As])no1. The molecule has 0 amide bonds. The van der Waals surface area contributed by atoms with Gasteiger partial charge in [-0.1, -0.05) is 0 Å². The van der Waals surface area contributed by atoms with Crippen molar-refractivity contribution in [3.05, 3.63) is 17.3 Å². The Morgan fingerprint density at radius 2 is 2.47 bits per heavy atom. The van der Waals surface area contributed by atoms with Crippen molar-refractivity contribution in [2.45, 2.75) is 12.8 Å². The molecule has 0 atom stereocenters. The average Bonchev–Trinajstić information content (AvgIpc) is 2.94. The summed E-state index contributed by atoms with van der Waals surface area (Å²) < 4.78 is 10.7. The van der Waals surface area contributed by atoms with Crippen molar-refractivity contribution < 1.29 is 14.1 Å². The number of carbonyl (C=O) groups excluding carboxylic acids is 1. The van der Waals surface area contributed by atoms with Crippen molar-refractivity contribution >= 4 is 37.8 Å². The van der Waals surface area contributed by atoms with Crippen LogP contribution in [0, 0.1) is 0 Å². The Hall–Kier alpha value is -1.13. The Morgan fingerprint density at radius 1 is 1.65 bits per heavy atom. The molecule has 2 heterocycles. The van der Waals surface area contributed by atoms with Gasteiger partial charge in [0.15, 0.2) is 0 Å². The Labute approximate surface area is 111 Å². The zero-order valence-corrected chi connectivity index (χ0v) is 11.7. The number of hydrogen-bond donors (Lipinski definition) is 0. The Kier molecular flexibility index (Phi) is 3.97. The van der Waals surface area contributed by atoms with Crippen LogP contribution in [0.1, 0.15) is 12.3 Å². The molecule has 0 saturated heterocycles. The molecule has 0 aliphatic heterocycles. The minimum absolute atomic E-state index is 0.247. The molecule has 2 aromatic rings. The van der Waals surface area contributed by atoms with Crippen molar-refractivity contribution in [1.29, 1.82) is 0 Å². The van der Waals surface area contributed by atoms with Crippen molar-refractivity contribution in [1.82, 2.24) is 10.1 Å². The van der Waals surface area contributed by atoms with Gasteiger partial charge in [0.1, 0.15) is 0 Å². The van der Waals surface area contributed by atoms with Gasteiger partial charge < -0.3 is 0 Å². The van der Waals surface area contributed by atoms with Crippen molar-refractivity contribution in [3.8, 4) is 11.4 Å². The van der Waals surface area contributed by atoms with Crippen LogP contribution in [0.3, 0.4) is 0 Å². The molecule has 0 unspecified atom stereocenters. The van der Waals surface area contributed by atoms with Gasteiger partial charge in [0.05, 0.1) is 0 Å². The van der Waals surface area contributed by atoms with E-state index in [1.807, 2.05) is 11.4 Å². The molecular formula is C10H9AsN2O3S. The Balaban J connectivity index is 2.06. The summed E-state index contributed by atoms with van der Waals surface area (Å²) in [6.45, 7) is 0. The molecule has 88 valence electrons. The molecule has 0 aromatic carbocycles. The molecule has 2 rings (SSSR count). The molecule has 0 bridgehead atoms. The first kappa shape index (κ1) is 12.3. The fraction of sp³-hybridized carbons (Fsp3) is 0.300. The summed E-state index contributed by atoms with van der Waals surface area (Å²) in [7, 11) is 1.36. The quantitative estimate of drug-likeness (QED) is 0.614. The summed E-state index contributed by atoms with van der Waals surface area (Å²) in [6, 6.07) is 1.94. The number of hydrogen-bond acceptors (Lipinski definition) is 6. The molecular weight excluding hydrogens is 303 g/mol. The number of aryl methyl sites for hydroxylation is 1. The molecule has 2 aromatic heterocycles. The summed E-state index contributed by atoms with van der Waals surface area (Å²) in [6.07, 6.45) is 0.647. The van der Waals surface area contributed by atoms with E-state index in [0.29, 0.717) is 18.1 Å². The monoisotopic (exact) mass is 312 g/mol. The summed E-state index contributed by atoms with van der Waals surface area (Å²) >= 11 is 4.08. The third kappa shape index (κ3) is 2.95. The first-order chi connectivity index (χ1) is 8.20. The van der Waals surface area contributed by atoms with E-state index in [2.05, 4.69) is 31.7 Å². The summed E-state index contributed by atoms with van der Waals surface area (Å²) in [5, 5.41) is 5.85. The predicted molar refractivity (Wildman–Crippen MR) is 63.3 cm³/mol. The predicted octanol–water partition coefficient (Wildman–Crippen LogP) is 0.697. The minimum atomic E-state index is -0.284. The Bertz CT molecular complexity index is 523. The standard InChI is InChI=1S/C10H9AsN2O3S/c1-15-8(14)3-2-7-12-10(13-16-7)6-4-5-17-9(6)11/h4-5H,2-3H2,1H3. The van der Waals surface area contributed by atoms with Crippen LogP contribution >= 0.6 is 11.3 Å². The summed E-state index contributed by atoms with van der Waals surface area (Å²) in [4.78, 5) is 15.2. The molecule has 7 heteroatoms. The van der Waals surface area contributed by atoms with Crippen LogP contribution in [-0.2, 0) is 16.0 Å². The molecule has 0 N–H and O–H groups in total. The van der Waals surface area contributed by atoms with E-state index < -0.39 is 0 Å². The van der Waals surface area contributed by atoms with E-state index in [1.165, 1.54) is 7.11 Å². The second kappa shape index (κ2) is 5.47. The fourth-order valence-corrected chi connectivity index (χ4v) is 2.62. The number of methoxy groups -OCH3 is 1. The van der Waals surface area contributed by atoms with Crippen molar-refractivity contribution in [3.63, 3.8) is 0 Å². The zero-order chi connectivity index (χ0) is 12.3. The zero-order valence-electron chi connectivity index (χ0n) is 9.04. The first-order valence-corrected chi connectivity index (χ1v) is 6.68. The van der Waals surface area contributed by atoms with E-state index >= 15 is 0 Å². The van der Waals surface area contributed by atoms with Gasteiger partial charge in [0, 0.05) is 0 Å². The summed E-state index contributed by atoms with van der Waals surface area (Å²) in [5.41, 5.74) is 0.947. The number of esters is 1. The van der Waals surface area contributed by atoms with E-state index in [-0.39, 0.29) is 12.4 Å². The number of thiophene rings is 1. The number of ether oxygens (including phenoxy) is 1. The van der Waals surface area contributed by atoms with Gasteiger partial charge in [-0.25, -0.2) is 0 Å². The second-order valence-electron chi connectivity index (χ2n) is 3.23. The van der Waals surface area contributed by atoms with Crippen molar-refractivity contribution in [2.75, 3.05) is 7.11 Å². The van der Waals surface area contributed by atoms with Gasteiger partial charge in [0.2, 0.25) is 0 Å². The van der Waals surface area contributed by atoms with E-state index in [0.717, 1.165) is 9.23 Å². The third-order valence-electron chi connectivity index (χ3n) is 2.12. The van der Waals surface area contributed by atoms with Crippen LogP contribution in [-0.4, -0.2) is 40.1 Å². The van der Waals surface area contributed by atoms with Gasteiger partial charge in [-0.05, 0) is 0 Å². The second-order valence-corrected chi connectivity index (χ2v) is 5.74. The average molecular weight is 312 g/mol. The third-order valence-corrected chi connectivity index (χ3v) is 4.01. The topological polar surface area (TPSA) is 65.2 Å². The van der Waals surface area contributed by atoms with Crippen LogP contribution in [0.2, 0.25) is 0 Å². The van der Waals surface area contributed by atoms with Crippen LogP contribution in [0.5, 0.6) is 0 Å². The van der Waals surface area contributed by atoms with Gasteiger partial charge in [-0.3, -0.25) is 0 Å². The first-order valence-electron chi connectivity index (χ1n) is 4.87. The van der Waals surface area contributed by atoms with Gasteiger partial charge >= 0.3 is 111 Å². The van der Waals surface area contributed by atoms with Gasteiger partial charge in [-0.2, -0.15) is 0 Å². The number of nitrogens with zero attached hydrogens (tertiary/aromatic N) is 2. The molecule has 0 fully saturated rings. The molecule has 0 aliphatic rings. The molecule has 0 spiro atoms. The van der Waals surface area contributed by atoms with Gasteiger partial charge in [-0.15, -0.1) is 0 Å². The maximum absolute atomic E-state index is 11.0. The Morgan fingerprint density at radius 3 is 3.12 bits per heavy atom. The number of rotatable bonds is 4. The molecule has 17 heavy (non-hydrogen) atoms. The normalized spacial score (nSPS) is 10.5. The van der Waals surface area contributed by atoms with E-state index in [1.54, 1.807) is 11.3 Å². The number of carbonyl (C=O) groups is 1. The molecule has 5 nitrogen and oxygen atoms in total. The maximum atomic E-state index is 11.0. The fourth-order valence-electron chi connectivity index (χ4n) is 1.25. The molecule has 2 radical (unpaired) electrons. The van der Waals surface area contributed by atoms with E-state index in [9.17, 15) is 4.79 Å².